The van der Waals surface area contributed by atoms with Crippen LogP contribution in [-0.2, 0) is 13.1 Å². The van der Waals surface area contributed by atoms with Crippen molar-refractivity contribution < 1.29 is 0 Å². The first-order valence-electron chi connectivity index (χ1n) is 6.67. The average Bonchev–Trinajstić information content (AvgIpc) is 3.17. The van der Waals surface area contributed by atoms with Crippen LogP contribution in [0.4, 0.5) is 0 Å². The van der Waals surface area contributed by atoms with Crippen molar-refractivity contribution in [1.29, 1.82) is 5.26 Å². The highest BCUT2D eigenvalue weighted by atomic mass is 15.2. The lowest BCUT2D eigenvalue weighted by Gasteiger charge is -2.30. The van der Waals surface area contributed by atoms with Crippen LogP contribution in [0.5, 0.6) is 0 Å². The van der Waals surface area contributed by atoms with E-state index < -0.39 is 0 Å². The second kappa shape index (κ2) is 4.38. The molecule has 3 heteroatoms. The van der Waals surface area contributed by atoms with Gasteiger partial charge in [-0.05, 0) is 36.9 Å². The second-order valence-electron chi connectivity index (χ2n) is 5.52. The molecule has 1 aliphatic heterocycles. The predicted molar refractivity (Wildman–Crippen MR) is 70.7 cm³/mol. The van der Waals surface area contributed by atoms with Gasteiger partial charge in [0.25, 0.3) is 0 Å². The minimum absolute atomic E-state index is 0.345. The molecular formula is C15H19N3. The summed E-state index contributed by atoms with van der Waals surface area (Å²) in [6.45, 7) is 2.79. The first kappa shape index (κ1) is 11.7. The van der Waals surface area contributed by atoms with E-state index in [4.69, 9.17) is 0 Å². The first-order chi connectivity index (χ1) is 8.77. The van der Waals surface area contributed by atoms with E-state index in [2.05, 4.69) is 40.6 Å². The maximum absolute atomic E-state index is 9.53. The molecule has 3 nitrogen and oxygen atoms in total. The monoisotopic (exact) mass is 241 g/mol. The predicted octanol–water partition coefficient (Wildman–Crippen LogP) is 1.89. The van der Waals surface area contributed by atoms with Gasteiger partial charge in [0.15, 0.2) is 0 Å². The summed E-state index contributed by atoms with van der Waals surface area (Å²) in [5.41, 5.74) is 2.48. The van der Waals surface area contributed by atoms with Crippen LogP contribution in [0.25, 0.3) is 0 Å². The van der Waals surface area contributed by atoms with Crippen LogP contribution in [-0.4, -0.2) is 24.0 Å². The lowest BCUT2D eigenvalue weighted by Crippen LogP contribution is -2.51. The Balaban J connectivity index is 1.73. The van der Waals surface area contributed by atoms with Crippen LogP contribution in [0.1, 0.15) is 24.0 Å². The van der Waals surface area contributed by atoms with Gasteiger partial charge in [0.05, 0.1) is 6.07 Å². The summed E-state index contributed by atoms with van der Waals surface area (Å²) < 4.78 is 0. The van der Waals surface area contributed by atoms with Gasteiger partial charge >= 0.3 is 0 Å². The normalized spacial score (nSPS) is 22.2. The highest BCUT2D eigenvalue weighted by molar-refractivity contribution is 5.31. The van der Waals surface area contributed by atoms with Crippen LogP contribution < -0.4 is 5.32 Å². The summed E-state index contributed by atoms with van der Waals surface area (Å²) in [4.78, 5) is 2.39. The summed E-state index contributed by atoms with van der Waals surface area (Å²) in [5.74, 6) is 0.538. The van der Waals surface area contributed by atoms with E-state index in [9.17, 15) is 5.26 Å². The van der Waals surface area contributed by atoms with E-state index in [1.807, 2.05) is 7.05 Å². The van der Waals surface area contributed by atoms with Gasteiger partial charge in [-0.2, -0.15) is 5.26 Å². The summed E-state index contributed by atoms with van der Waals surface area (Å²) in [7, 11) is 1.92. The Labute approximate surface area is 108 Å². The zero-order valence-corrected chi connectivity index (χ0v) is 10.8. The molecule has 94 valence electrons. The van der Waals surface area contributed by atoms with Crippen molar-refractivity contribution in [3.8, 4) is 6.07 Å². The average molecular weight is 241 g/mol. The number of benzene rings is 1. The molecular weight excluding hydrogens is 222 g/mol. The Morgan fingerprint density at radius 2 is 1.94 bits per heavy atom. The number of hydrogen-bond acceptors (Lipinski definition) is 3. The third-order valence-corrected chi connectivity index (χ3v) is 4.30. The fraction of sp³-hybridized carbons (Fsp3) is 0.533. The summed E-state index contributed by atoms with van der Waals surface area (Å²) >= 11 is 0. The maximum Gasteiger partial charge on any atom is 0.122 e. The Bertz CT molecular complexity index is 462. The molecule has 1 saturated carbocycles. The third kappa shape index (κ3) is 1.92. The molecule has 1 unspecified atom stereocenters. The van der Waals surface area contributed by atoms with E-state index in [1.54, 1.807) is 0 Å². The zero-order valence-electron chi connectivity index (χ0n) is 10.8. The number of likely N-dealkylation sites (N-methyl/N-ethyl adjacent to an activating group) is 1. The third-order valence-electron chi connectivity index (χ3n) is 4.30. The molecule has 1 fully saturated rings. The van der Waals surface area contributed by atoms with Crippen LogP contribution in [0, 0.1) is 17.2 Å². The highest BCUT2D eigenvalue weighted by Gasteiger charge is 2.46. The van der Waals surface area contributed by atoms with Gasteiger partial charge < -0.3 is 5.32 Å². The van der Waals surface area contributed by atoms with E-state index in [-0.39, 0.29) is 5.54 Å². The SMILES string of the molecule is CNC(C#N)(CN1Cc2ccccc2C1)C1CC1. The fourth-order valence-electron chi connectivity index (χ4n) is 3.04. The topological polar surface area (TPSA) is 39.1 Å². The maximum atomic E-state index is 9.53. The number of hydrogen-bond donors (Lipinski definition) is 1. The van der Waals surface area contributed by atoms with Crippen molar-refractivity contribution in [2.45, 2.75) is 31.5 Å². The molecule has 1 aromatic rings. The molecule has 0 amide bonds. The zero-order chi connectivity index (χ0) is 12.6. The molecule has 1 atom stereocenters. The molecule has 1 N–H and O–H groups in total. The fourth-order valence-corrected chi connectivity index (χ4v) is 3.04. The van der Waals surface area contributed by atoms with Crippen LogP contribution in [0.2, 0.25) is 0 Å². The molecule has 1 aromatic carbocycles. The Morgan fingerprint density at radius 3 is 2.39 bits per heavy atom. The number of rotatable bonds is 4. The molecule has 1 aliphatic carbocycles. The minimum atomic E-state index is -0.345. The molecule has 1 heterocycles. The Hall–Kier alpha value is -1.37. The molecule has 2 aliphatic rings. The summed E-state index contributed by atoms with van der Waals surface area (Å²) in [6, 6.07) is 11.1. The Kier molecular flexibility index (Phi) is 2.85. The van der Waals surface area contributed by atoms with E-state index in [0.29, 0.717) is 5.92 Å². The van der Waals surface area contributed by atoms with E-state index >= 15 is 0 Å². The van der Waals surface area contributed by atoms with E-state index in [1.165, 1.54) is 24.0 Å². The molecule has 0 saturated heterocycles. The molecule has 0 aromatic heterocycles. The molecule has 0 spiro atoms. The van der Waals surface area contributed by atoms with Crippen LogP contribution in [0.3, 0.4) is 0 Å². The number of nitrogens with zero attached hydrogens (tertiary/aromatic N) is 2. The highest BCUT2D eigenvalue weighted by Crippen LogP contribution is 2.40. The Morgan fingerprint density at radius 1 is 1.33 bits per heavy atom. The van der Waals surface area contributed by atoms with Crippen LogP contribution in [0.15, 0.2) is 24.3 Å². The van der Waals surface area contributed by atoms with Gasteiger partial charge in [0.1, 0.15) is 5.54 Å². The standard InChI is InChI=1S/C15H19N3/c1-17-15(10-16,14-6-7-14)11-18-8-12-4-2-3-5-13(12)9-18/h2-5,14,17H,6-9,11H2,1H3. The number of nitriles is 1. The molecule has 18 heavy (non-hydrogen) atoms. The smallest absolute Gasteiger partial charge is 0.122 e. The molecule has 3 rings (SSSR count). The van der Waals surface area contributed by atoms with Crippen molar-refractivity contribution in [1.82, 2.24) is 10.2 Å². The van der Waals surface area contributed by atoms with Gasteiger partial charge in [0.2, 0.25) is 0 Å². The number of fused-ring (bicyclic) bond motifs is 1. The van der Waals surface area contributed by atoms with Gasteiger partial charge in [-0.1, -0.05) is 24.3 Å². The quantitative estimate of drug-likeness (QED) is 0.875. The van der Waals surface area contributed by atoms with Gasteiger partial charge in [-0.3, -0.25) is 4.90 Å². The van der Waals surface area contributed by atoms with Crippen molar-refractivity contribution in [3.63, 3.8) is 0 Å². The number of nitrogens with one attached hydrogen (secondary N) is 1. The van der Waals surface area contributed by atoms with Crippen LogP contribution >= 0.6 is 0 Å². The minimum Gasteiger partial charge on any atom is -0.301 e. The summed E-state index contributed by atoms with van der Waals surface area (Å²) in [5, 5.41) is 12.8. The van der Waals surface area contributed by atoms with Gasteiger partial charge in [-0.25, -0.2) is 0 Å². The summed E-state index contributed by atoms with van der Waals surface area (Å²) in [6.07, 6.45) is 2.38. The lowest BCUT2D eigenvalue weighted by molar-refractivity contribution is 0.204. The molecule has 0 radical (unpaired) electrons. The first-order valence-corrected chi connectivity index (χ1v) is 6.67. The van der Waals surface area contributed by atoms with Crippen molar-refractivity contribution in [3.05, 3.63) is 35.4 Å². The molecule has 0 bridgehead atoms. The van der Waals surface area contributed by atoms with Crippen molar-refractivity contribution >= 4 is 0 Å². The van der Waals surface area contributed by atoms with Gasteiger partial charge in [0, 0.05) is 19.6 Å². The van der Waals surface area contributed by atoms with Crippen molar-refractivity contribution in [2.75, 3.05) is 13.6 Å². The van der Waals surface area contributed by atoms with Gasteiger partial charge in [-0.15, -0.1) is 0 Å². The van der Waals surface area contributed by atoms with Crippen molar-refractivity contribution in [2.24, 2.45) is 5.92 Å². The second-order valence-corrected chi connectivity index (χ2v) is 5.52. The van der Waals surface area contributed by atoms with E-state index in [0.717, 1.165) is 19.6 Å². The lowest BCUT2D eigenvalue weighted by atomic mass is 9.94. The largest absolute Gasteiger partial charge is 0.301 e.